The number of benzene rings is 1. The molecule has 0 saturated carbocycles. The second kappa shape index (κ2) is 4.76. The zero-order valence-electron chi connectivity index (χ0n) is 10.4. The van der Waals surface area contributed by atoms with Crippen molar-refractivity contribution in [3.63, 3.8) is 0 Å². The molecule has 1 aliphatic heterocycles. The fraction of sp³-hybridized carbons (Fsp3) is 0.286. The van der Waals surface area contributed by atoms with Crippen LogP contribution in [0.25, 0.3) is 10.9 Å². The number of carbonyl (C=O) groups is 1. The molecule has 2 heterocycles. The average molecular weight is 257 g/mol. The van der Waals surface area contributed by atoms with Gasteiger partial charge in [0.05, 0.1) is 5.52 Å². The number of carboxylic acid groups (broad SMARTS) is 1. The summed E-state index contributed by atoms with van der Waals surface area (Å²) in [6.07, 6.45) is 1.78. The SMILES string of the molecule is O=C(O)N1CCC(Nc2ccc3ncccc3c2)C1. The van der Waals surface area contributed by atoms with Gasteiger partial charge in [-0.2, -0.15) is 0 Å². The minimum atomic E-state index is -0.841. The first-order chi connectivity index (χ1) is 9.22. The molecular formula is C14H15N3O2. The van der Waals surface area contributed by atoms with Gasteiger partial charge >= 0.3 is 6.09 Å². The molecule has 2 aromatic rings. The van der Waals surface area contributed by atoms with Crippen molar-refractivity contribution in [2.45, 2.75) is 12.5 Å². The van der Waals surface area contributed by atoms with Gasteiger partial charge in [0.2, 0.25) is 0 Å². The molecule has 0 bridgehead atoms. The second-order valence-corrected chi connectivity index (χ2v) is 4.77. The monoisotopic (exact) mass is 257 g/mol. The number of anilines is 1. The summed E-state index contributed by atoms with van der Waals surface area (Å²) in [5.41, 5.74) is 1.98. The minimum Gasteiger partial charge on any atom is -0.465 e. The third-order valence-electron chi connectivity index (χ3n) is 3.43. The zero-order chi connectivity index (χ0) is 13.2. The number of likely N-dealkylation sites (tertiary alicyclic amines) is 1. The molecule has 1 unspecified atom stereocenters. The van der Waals surface area contributed by atoms with Gasteiger partial charge in [-0.25, -0.2) is 4.79 Å². The van der Waals surface area contributed by atoms with E-state index >= 15 is 0 Å². The van der Waals surface area contributed by atoms with Gasteiger partial charge in [-0.1, -0.05) is 6.07 Å². The summed E-state index contributed by atoms with van der Waals surface area (Å²) >= 11 is 0. The van der Waals surface area contributed by atoms with Crippen LogP contribution >= 0.6 is 0 Å². The first-order valence-electron chi connectivity index (χ1n) is 6.31. The fourth-order valence-electron chi connectivity index (χ4n) is 2.45. The standard InChI is InChI=1S/C14H15N3O2/c18-14(19)17-7-5-12(9-17)16-11-3-4-13-10(8-11)2-1-6-15-13/h1-4,6,8,12,16H,5,7,9H2,(H,18,19). The smallest absolute Gasteiger partial charge is 0.407 e. The Balaban J connectivity index is 1.73. The van der Waals surface area contributed by atoms with Gasteiger partial charge < -0.3 is 15.3 Å². The van der Waals surface area contributed by atoms with Crippen LogP contribution in [0.15, 0.2) is 36.5 Å². The molecule has 0 spiro atoms. The average Bonchev–Trinajstić information content (AvgIpc) is 2.87. The predicted molar refractivity (Wildman–Crippen MR) is 73.4 cm³/mol. The van der Waals surface area contributed by atoms with Crippen molar-refractivity contribution in [2.75, 3.05) is 18.4 Å². The van der Waals surface area contributed by atoms with Crippen molar-refractivity contribution >= 4 is 22.7 Å². The van der Waals surface area contributed by atoms with E-state index in [1.807, 2.05) is 30.3 Å². The van der Waals surface area contributed by atoms with E-state index in [1.54, 1.807) is 6.20 Å². The van der Waals surface area contributed by atoms with Gasteiger partial charge in [-0.3, -0.25) is 4.98 Å². The topological polar surface area (TPSA) is 65.5 Å². The van der Waals surface area contributed by atoms with E-state index in [1.165, 1.54) is 4.90 Å². The third-order valence-corrected chi connectivity index (χ3v) is 3.43. The van der Waals surface area contributed by atoms with Crippen molar-refractivity contribution < 1.29 is 9.90 Å². The van der Waals surface area contributed by atoms with Crippen LogP contribution in [-0.4, -0.2) is 40.2 Å². The molecule has 1 saturated heterocycles. The molecule has 3 rings (SSSR count). The lowest BCUT2D eigenvalue weighted by Crippen LogP contribution is -2.30. The summed E-state index contributed by atoms with van der Waals surface area (Å²) in [5, 5.41) is 13.4. The number of hydrogen-bond acceptors (Lipinski definition) is 3. The van der Waals surface area contributed by atoms with E-state index < -0.39 is 6.09 Å². The molecule has 98 valence electrons. The first kappa shape index (κ1) is 11.8. The third kappa shape index (κ3) is 2.45. The molecule has 1 fully saturated rings. The Hall–Kier alpha value is -2.30. The minimum absolute atomic E-state index is 0.185. The maximum Gasteiger partial charge on any atom is 0.407 e. The Morgan fingerprint density at radius 1 is 1.42 bits per heavy atom. The molecule has 19 heavy (non-hydrogen) atoms. The molecule has 1 aromatic heterocycles. The van der Waals surface area contributed by atoms with Crippen LogP contribution < -0.4 is 5.32 Å². The van der Waals surface area contributed by atoms with Crippen LogP contribution in [-0.2, 0) is 0 Å². The zero-order valence-corrected chi connectivity index (χ0v) is 10.4. The number of amides is 1. The van der Waals surface area contributed by atoms with Gasteiger partial charge in [0.1, 0.15) is 0 Å². The Morgan fingerprint density at radius 3 is 3.11 bits per heavy atom. The van der Waals surface area contributed by atoms with Crippen LogP contribution in [0.4, 0.5) is 10.5 Å². The molecule has 1 amide bonds. The van der Waals surface area contributed by atoms with E-state index in [0.717, 1.165) is 23.0 Å². The number of nitrogens with zero attached hydrogens (tertiary/aromatic N) is 2. The number of rotatable bonds is 2. The molecule has 0 aliphatic carbocycles. The summed E-state index contributed by atoms with van der Waals surface area (Å²) in [6.45, 7) is 1.14. The number of fused-ring (bicyclic) bond motifs is 1. The fourth-order valence-corrected chi connectivity index (χ4v) is 2.45. The number of pyridine rings is 1. The Bertz CT molecular complexity index is 614. The lowest BCUT2D eigenvalue weighted by Gasteiger charge is -2.15. The lowest BCUT2D eigenvalue weighted by molar-refractivity contribution is 0.155. The molecule has 5 heteroatoms. The number of hydrogen-bond donors (Lipinski definition) is 2. The van der Waals surface area contributed by atoms with Crippen molar-refractivity contribution in [3.05, 3.63) is 36.5 Å². The number of nitrogens with one attached hydrogen (secondary N) is 1. The van der Waals surface area contributed by atoms with E-state index in [4.69, 9.17) is 5.11 Å². The summed E-state index contributed by atoms with van der Waals surface area (Å²) in [5.74, 6) is 0. The van der Waals surface area contributed by atoms with E-state index in [0.29, 0.717) is 13.1 Å². The van der Waals surface area contributed by atoms with Crippen LogP contribution in [0.5, 0.6) is 0 Å². The van der Waals surface area contributed by atoms with Crippen LogP contribution in [0, 0.1) is 0 Å². The highest BCUT2D eigenvalue weighted by Crippen LogP contribution is 2.20. The maximum absolute atomic E-state index is 10.9. The van der Waals surface area contributed by atoms with Crippen molar-refractivity contribution in [1.29, 1.82) is 0 Å². The largest absolute Gasteiger partial charge is 0.465 e. The highest BCUT2D eigenvalue weighted by Gasteiger charge is 2.25. The first-order valence-corrected chi connectivity index (χ1v) is 6.31. The molecule has 2 N–H and O–H groups in total. The van der Waals surface area contributed by atoms with Gasteiger partial charge in [-0.05, 0) is 30.7 Å². The van der Waals surface area contributed by atoms with E-state index in [-0.39, 0.29) is 6.04 Å². The van der Waals surface area contributed by atoms with Gasteiger partial charge in [0, 0.05) is 36.4 Å². The maximum atomic E-state index is 10.9. The van der Waals surface area contributed by atoms with Gasteiger partial charge in [-0.15, -0.1) is 0 Å². The molecule has 0 radical (unpaired) electrons. The van der Waals surface area contributed by atoms with Gasteiger partial charge in [0.15, 0.2) is 0 Å². The summed E-state index contributed by atoms with van der Waals surface area (Å²) in [6, 6.07) is 10.1. The van der Waals surface area contributed by atoms with Crippen molar-refractivity contribution in [1.82, 2.24) is 9.88 Å². The number of aromatic nitrogens is 1. The van der Waals surface area contributed by atoms with Crippen LogP contribution in [0.1, 0.15) is 6.42 Å². The second-order valence-electron chi connectivity index (χ2n) is 4.77. The van der Waals surface area contributed by atoms with Crippen molar-refractivity contribution in [3.8, 4) is 0 Å². The molecule has 1 atom stereocenters. The summed E-state index contributed by atoms with van der Waals surface area (Å²) in [4.78, 5) is 16.6. The van der Waals surface area contributed by atoms with Crippen LogP contribution in [0.2, 0.25) is 0 Å². The van der Waals surface area contributed by atoms with Crippen molar-refractivity contribution in [2.24, 2.45) is 0 Å². The Kier molecular flexibility index (Phi) is 2.95. The molecule has 5 nitrogen and oxygen atoms in total. The molecule has 1 aliphatic rings. The normalized spacial score (nSPS) is 18.7. The molecular weight excluding hydrogens is 242 g/mol. The summed E-state index contributed by atoms with van der Waals surface area (Å²) in [7, 11) is 0. The lowest BCUT2D eigenvalue weighted by atomic mass is 10.2. The highest BCUT2D eigenvalue weighted by atomic mass is 16.4. The highest BCUT2D eigenvalue weighted by molar-refractivity contribution is 5.82. The quantitative estimate of drug-likeness (QED) is 0.867. The summed E-state index contributed by atoms with van der Waals surface area (Å²) < 4.78 is 0. The van der Waals surface area contributed by atoms with Crippen LogP contribution in [0.3, 0.4) is 0 Å². The van der Waals surface area contributed by atoms with E-state index in [2.05, 4.69) is 10.3 Å². The van der Waals surface area contributed by atoms with E-state index in [9.17, 15) is 4.79 Å². The molecule has 1 aromatic carbocycles. The Morgan fingerprint density at radius 2 is 2.32 bits per heavy atom. The Labute approximate surface area is 110 Å². The predicted octanol–water partition coefficient (Wildman–Crippen LogP) is 2.40. The van der Waals surface area contributed by atoms with Gasteiger partial charge in [0.25, 0.3) is 0 Å².